The minimum Gasteiger partial charge on any atom is -0.394 e. The fourth-order valence-corrected chi connectivity index (χ4v) is 10.2. The van der Waals surface area contributed by atoms with Crippen LogP contribution in [-0.4, -0.2) is 379 Å². The Kier molecular flexibility index (Phi) is 23.6. The topological polar surface area (TPSA) is 594 Å². The summed E-state index contributed by atoms with van der Waals surface area (Å²) in [4.78, 5) is 12.1. The fourth-order valence-electron chi connectivity index (χ4n) is 10.2. The van der Waals surface area contributed by atoms with E-state index in [1.165, 1.54) is 0 Å². The molecule has 7 saturated heterocycles. The lowest BCUT2D eigenvalue weighted by molar-refractivity contribution is -0.407. The van der Waals surface area contributed by atoms with Crippen molar-refractivity contribution in [3.63, 3.8) is 0 Å². The van der Waals surface area contributed by atoms with Gasteiger partial charge in [0.2, 0.25) is 5.91 Å². The summed E-state index contributed by atoms with van der Waals surface area (Å²) in [6.07, 6.45) is -68.1. The third-order valence-corrected chi connectivity index (χ3v) is 14.9. The molecule has 37 heteroatoms. The average Bonchev–Trinajstić information content (AvgIpc) is 3.48. The molecule has 0 radical (unpaired) electrons. The molecule has 7 aliphatic heterocycles. The summed E-state index contributed by atoms with van der Waals surface area (Å²) in [6.45, 7) is -5.76. The lowest BCUT2D eigenvalue weighted by Gasteiger charge is -2.50. The van der Waals surface area contributed by atoms with Crippen LogP contribution in [0, 0.1) is 0 Å². The van der Waals surface area contributed by atoms with Crippen LogP contribution in [0.3, 0.4) is 0 Å². The summed E-state index contributed by atoms with van der Waals surface area (Å²) < 4.78 is 73.9. The third kappa shape index (κ3) is 14.2. The maximum absolute atomic E-state index is 12.1. The van der Waals surface area contributed by atoms with Crippen molar-refractivity contribution in [2.75, 3.05) is 46.2 Å². The number of aliphatic hydroxyl groups excluding tert-OH is 22. The fraction of sp³-hybridized carbons (Fsp3) is 0.977. The maximum Gasteiger partial charge on any atom is 0.217 e. The van der Waals surface area contributed by atoms with Gasteiger partial charge in [0.05, 0.1) is 46.2 Å². The van der Waals surface area contributed by atoms with E-state index in [0.29, 0.717) is 0 Å². The van der Waals surface area contributed by atoms with E-state index in [1.54, 1.807) is 0 Å². The molecule has 23 N–H and O–H groups in total. The number of rotatable bonds is 20. The molecule has 0 bridgehead atoms. The molecule has 0 aromatic rings. The Morgan fingerprint density at radius 2 is 0.642 bits per heavy atom. The second-order valence-corrected chi connectivity index (χ2v) is 20.4. The SMILES string of the molecule is CC(=O)N[C@H]1C(O)O[C@H](CO)[C@@H](O[C@@H]2O[C@H](CO[C@H]3O[C@H](CO[C@H]4O[C@H](CO)[C@@H](O)[C@H](O)[C@@H]4O)[C@@H](O)[C@H](O)[C@@H]3O)[C@@H](O)[C@H](O[C@H]3O[C@H](CO)[C@@H](O)[C@H](O)[C@@H]3O[C@H]3O[C@H](CO)[C@@H](O)[C@H](O)[C@@H]3O[C@H]3O[C@H](CO)[C@@H](O)[C@H](O)[C@@H]3O)[C@@H]2O)[C@@H]1O. The smallest absolute Gasteiger partial charge is 0.217 e. The number of ether oxygens (including phenoxy) is 13. The normalized spacial score (nSPS) is 51.9. The van der Waals surface area contributed by atoms with Crippen LogP contribution >= 0.6 is 0 Å². The van der Waals surface area contributed by atoms with Crippen LogP contribution in [0.15, 0.2) is 0 Å². The minimum absolute atomic E-state index is 0.793. The van der Waals surface area contributed by atoms with Crippen LogP contribution in [-0.2, 0) is 66.4 Å². The van der Waals surface area contributed by atoms with Crippen LogP contribution in [0.1, 0.15) is 6.92 Å². The second kappa shape index (κ2) is 28.7. The van der Waals surface area contributed by atoms with Crippen molar-refractivity contribution in [3.05, 3.63) is 0 Å². The van der Waals surface area contributed by atoms with E-state index < -0.39 is 267 Å². The largest absolute Gasteiger partial charge is 0.394 e. The highest BCUT2D eigenvalue weighted by atomic mass is 16.8. The monoisotopic (exact) mass is 1190 g/mol. The quantitative estimate of drug-likeness (QED) is 0.0538. The predicted molar refractivity (Wildman–Crippen MR) is 243 cm³/mol. The van der Waals surface area contributed by atoms with Gasteiger partial charge in [-0.05, 0) is 0 Å². The number of aliphatic hydroxyl groups is 22. The van der Waals surface area contributed by atoms with Gasteiger partial charge in [0.25, 0.3) is 0 Å². The minimum atomic E-state index is -2.38. The van der Waals surface area contributed by atoms with Gasteiger partial charge in [0.15, 0.2) is 44.0 Å². The Morgan fingerprint density at radius 1 is 0.321 bits per heavy atom. The molecule has 7 fully saturated rings. The molecule has 1 amide bonds. The number of carbonyl (C=O) groups excluding carboxylic acids is 1. The van der Waals surface area contributed by atoms with Crippen molar-refractivity contribution in [1.29, 1.82) is 0 Å². The zero-order chi connectivity index (χ0) is 59.6. The first-order valence-electron chi connectivity index (χ1n) is 25.6. The summed E-state index contributed by atoms with van der Waals surface area (Å²) in [5.74, 6) is -0.793. The van der Waals surface area contributed by atoms with Crippen LogP contribution < -0.4 is 5.32 Å². The Morgan fingerprint density at radius 3 is 1.09 bits per heavy atom. The average molecular weight is 1190 g/mol. The molecule has 7 aliphatic rings. The molecule has 0 saturated carbocycles. The van der Waals surface area contributed by atoms with E-state index in [4.69, 9.17) is 61.6 Å². The van der Waals surface area contributed by atoms with Crippen molar-refractivity contribution in [3.8, 4) is 0 Å². The number of hydrogen-bond acceptors (Lipinski definition) is 36. The summed E-state index contributed by atoms with van der Waals surface area (Å²) in [5.41, 5.74) is 0. The van der Waals surface area contributed by atoms with Gasteiger partial charge in [0.1, 0.15) is 171 Å². The Bertz CT molecular complexity index is 1940. The molecule has 472 valence electrons. The third-order valence-electron chi connectivity index (χ3n) is 14.9. The van der Waals surface area contributed by atoms with Crippen molar-refractivity contribution < 1.29 is 179 Å². The lowest BCUT2D eigenvalue weighted by Crippen LogP contribution is -2.69. The number of amides is 1. The summed E-state index contributed by atoms with van der Waals surface area (Å²) in [5, 5.41) is 238. The van der Waals surface area contributed by atoms with Crippen LogP contribution in [0.5, 0.6) is 0 Å². The van der Waals surface area contributed by atoms with E-state index in [-0.39, 0.29) is 0 Å². The van der Waals surface area contributed by atoms with Gasteiger partial charge >= 0.3 is 0 Å². The highest BCUT2D eigenvalue weighted by molar-refractivity contribution is 5.73. The summed E-state index contributed by atoms with van der Waals surface area (Å²) in [7, 11) is 0. The molecule has 0 spiro atoms. The molecule has 0 aromatic carbocycles. The number of carbonyl (C=O) groups is 1. The lowest BCUT2D eigenvalue weighted by atomic mass is 9.95. The Hall–Kier alpha value is -1.93. The molecule has 7 rings (SSSR count). The van der Waals surface area contributed by atoms with Crippen molar-refractivity contribution >= 4 is 5.91 Å². The summed E-state index contributed by atoms with van der Waals surface area (Å²) >= 11 is 0. The number of hydrogen-bond donors (Lipinski definition) is 23. The van der Waals surface area contributed by atoms with E-state index in [9.17, 15) is 117 Å². The molecule has 35 atom stereocenters. The van der Waals surface area contributed by atoms with E-state index >= 15 is 0 Å². The zero-order valence-corrected chi connectivity index (χ0v) is 42.7. The molecular formula is C44H75NO36. The molecule has 7 heterocycles. The molecule has 0 aliphatic carbocycles. The first-order chi connectivity index (χ1) is 38.3. The van der Waals surface area contributed by atoms with Crippen molar-refractivity contribution in [2.45, 2.75) is 222 Å². The van der Waals surface area contributed by atoms with Crippen molar-refractivity contribution in [2.24, 2.45) is 0 Å². The number of nitrogens with one attached hydrogen (secondary N) is 1. The zero-order valence-electron chi connectivity index (χ0n) is 42.7. The Balaban J connectivity index is 1.17. The molecule has 0 aromatic heterocycles. The molecule has 81 heavy (non-hydrogen) atoms. The molecule has 1 unspecified atom stereocenters. The molecular weight excluding hydrogens is 1120 g/mol. The van der Waals surface area contributed by atoms with Gasteiger partial charge in [-0.3, -0.25) is 4.79 Å². The highest BCUT2D eigenvalue weighted by Gasteiger charge is 2.58. The molecule has 37 nitrogen and oxygen atoms in total. The summed E-state index contributed by atoms with van der Waals surface area (Å²) in [6, 6.07) is -1.67. The van der Waals surface area contributed by atoms with E-state index in [0.717, 1.165) is 6.92 Å². The van der Waals surface area contributed by atoms with Gasteiger partial charge in [-0.2, -0.15) is 0 Å². The van der Waals surface area contributed by atoms with Gasteiger partial charge in [-0.15, -0.1) is 0 Å². The standard InChI is InChI=1S/C44H75NO36/c1-9(51)45-17-24(58)34(14(6-50)71-38(17)68)78-42-33(67)35(23(57)16(77-42)8-70-40-31(65)27(61)22(56)15(76-40)7-69-39-30(64)25(59)18(52)10(2-46)72-39)79-43-37(29(63)21(55)12(4-48)74-43)81-44-36(28(62)20(54)13(5-49)75-44)80-41-32(66)26(60)19(53)11(3-47)73-41/h10-44,46-50,52-68H,2-8H2,1H3,(H,45,51)/t10-,11-,12-,13-,14-,15-,16-,17-,18-,19-,20-,21-,22-,23-,24-,25+,26+,27+,28+,29+,30+,31+,32+,33+,34-,35+,36+,37+,38?,39+,40+,41-,42+,43-,44-/m1/s1. The van der Waals surface area contributed by atoms with Crippen molar-refractivity contribution in [1.82, 2.24) is 5.32 Å². The van der Waals surface area contributed by atoms with Gasteiger partial charge < -0.3 is 179 Å². The maximum atomic E-state index is 12.1. The van der Waals surface area contributed by atoms with Crippen LogP contribution in [0.4, 0.5) is 0 Å². The predicted octanol–water partition coefficient (Wildman–Crippen LogP) is -16.1. The van der Waals surface area contributed by atoms with E-state index in [1.807, 2.05) is 0 Å². The van der Waals surface area contributed by atoms with Gasteiger partial charge in [-0.1, -0.05) is 0 Å². The van der Waals surface area contributed by atoms with Gasteiger partial charge in [-0.25, -0.2) is 0 Å². The first-order valence-corrected chi connectivity index (χ1v) is 25.6. The van der Waals surface area contributed by atoms with E-state index in [2.05, 4.69) is 5.32 Å². The highest BCUT2D eigenvalue weighted by Crippen LogP contribution is 2.37. The Labute approximate surface area is 457 Å². The van der Waals surface area contributed by atoms with Gasteiger partial charge in [0, 0.05) is 6.92 Å². The second-order valence-electron chi connectivity index (χ2n) is 20.4. The van der Waals surface area contributed by atoms with Crippen LogP contribution in [0.25, 0.3) is 0 Å². The van der Waals surface area contributed by atoms with Crippen LogP contribution in [0.2, 0.25) is 0 Å². The first kappa shape index (κ1) is 66.6.